The number of rotatable bonds is 8. The van der Waals surface area contributed by atoms with Crippen LogP contribution in [0.5, 0.6) is 0 Å². The summed E-state index contributed by atoms with van der Waals surface area (Å²) < 4.78 is 0. The molecule has 0 aliphatic heterocycles. The predicted octanol–water partition coefficient (Wildman–Crippen LogP) is 2.98. The van der Waals surface area contributed by atoms with Crippen molar-refractivity contribution in [2.45, 2.75) is 39.5 Å². The first-order valence-electron chi connectivity index (χ1n) is 5.09. The Bertz CT molecular complexity index is 97.2. The standard InChI is InChI=1S/C11H23N/c1-4-5-9-12-10-7-6-8-11(2)3/h4,11-12H,1,5-10H2,2-3H3. The molecule has 0 fully saturated rings. The molecular formula is C11H23N. The lowest BCUT2D eigenvalue weighted by atomic mass is 10.1. The van der Waals surface area contributed by atoms with Gasteiger partial charge in [-0.25, -0.2) is 0 Å². The summed E-state index contributed by atoms with van der Waals surface area (Å²) in [4.78, 5) is 0. The average Bonchev–Trinajstić information content (AvgIpc) is 2.02. The van der Waals surface area contributed by atoms with Crippen LogP contribution in [0.2, 0.25) is 0 Å². The zero-order chi connectivity index (χ0) is 9.23. The van der Waals surface area contributed by atoms with E-state index in [2.05, 4.69) is 25.7 Å². The van der Waals surface area contributed by atoms with E-state index in [4.69, 9.17) is 0 Å². The van der Waals surface area contributed by atoms with E-state index in [1.165, 1.54) is 25.8 Å². The van der Waals surface area contributed by atoms with Gasteiger partial charge in [-0.1, -0.05) is 32.8 Å². The first-order chi connectivity index (χ1) is 5.77. The van der Waals surface area contributed by atoms with Crippen molar-refractivity contribution in [2.75, 3.05) is 13.1 Å². The van der Waals surface area contributed by atoms with Crippen LogP contribution in [0.25, 0.3) is 0 Å². The third-order valence-corrected chi connectivity index (χ3v) is 1.91. The van der Waals surface area contributed by atoms with Crippen LogP contribution in [0.1, 0.15) is 39.5 Å². The third kappa shape index (κ3) is 9.70. The molecule has 0 bridgehead atoms. The van der Waals surface area contributed by atoms with E-state index in [0.717, 1.165) is 18.9 Å². The summed E-state index contributed by atoms with van der Waals surface area (Å²) in [6.07, 6.45) is 7.09. The van der Waals surface area contributed by atoms with E-state index in [1.807, 2.05) is 6.08 Å². The molecule has 0 amide bonds. The molecule has 1 N–H and O–H groups in total. The van der Waals surface area contributed by atoms with E-state index >= 15 is 0 Å². The molecule has 0 rings (SSSR count). The summed E-state index contributed by atoms with van der Waals surface area (Å²) in [6.45, 7) is 10.5. The third-order valence-electron chi connectivity index (χ3n) is 1.91. The Labute approximate surface area is 77.2 Å². The van der Waals surface area contributed by atoms with E-state index in [1.54, 1.807) is 0 Å². The Morgan fingerprint density at radius 2 is 2.00 bits per heavy atom. The van der Waals surface area contributed by atoms with Gasteiger partial charge in [0.1, 0.15) is 0 Å². The summed E-state index contributed by atoms with van der Waals surface area (Å²) in [5.41, 5.74) is 0. The summed E-state index contributed by atoms with van der Waals surface area (Å²) in [5, 5.41) is 3.39. The molecule has 0 aromatic rings. The van der Waals surface area contributed by atoms with Gasteiger partial charge in [-0.2, -0.15) is 0 Å². The first kappa shape index (κ1) is 11.7. The zero-order valence-electron chi connectivity index (χ0n) is 8.60. The fourth-order valence-corrected chi connectivity index (χ4v) is 1.13. The predicted molar refractivity (Wildman–Crippen MR) is 56.4 cm³/mol. The zero-order valence-corrected chi connectivity index (χ0v) is 8.60. The number of hydrogen-bond donors (Lipinski definition) is 1. The van der Waals surface area contributed by atoms with Gasteiger partial charge in [0.05, 0.1) is 0 Å². The van der Waals surface area contributed by atoms with Crippen molar-refractivity contribution in [3.63, 3.8) is 0 Å². The summed E-state index contributed by atoms with van der Waals surface area (Å²) >= 11 is 0. The van der Waals surface area contributed by atoms with Crippen LogP contribution < -0.4 is 5.32 Å². The van der Waals surface area contributed by atoms with Crippen molar-refractivity contribution in [3.05, 3.63) is 12.7 Å². The normalized spacial score (nSPS) is 10.6. The second kappa shape index (κ2) is 8.79. The molecule has 0 unspecified atom stereocenters. The molecular weight excluding hydrogens is 146 g/mol. The smallest absolute Gasteiger partial charge is 0.00144 e. The molecule has 1 nitrogen and oxygen atoms in total. The van der Waals surface area contributed by atoms with Crippen molar-refractivity contribution in [1.29, 1.82) is 0 Å². The van der Waals surface area contributed by atoms with E-state index < -0.39 is 0 Å². The molecule has 0 saturated heterocycles. The minimum Gasteiger partial charge on any atom is -0.316 e. The van der Waals surface area contributed by atoms with E-state index in [0.29, 0.717) is 0 Å². The van der Waals surface area contributed by atoms with Gasteiger partial charge in [-0.05, 0) is 31.8 Å². The largest absolute Gasteiger partial charge is 0.316 e. The summed E-state index contributed by atoms with van der Waals surface area (Å²) in [6, 6.07) is 0. The van der Waals surface area contributed by atoms with Crippen molar-refractivity contribution in [2.24, 2.45) is 5.92 Å². The molecule has 0 aliphatic rings. The Morgan fingerprint density at radius 3 is 2.58 bits per heavy atom. The van der Waals surface area contributed by atoms with Crippen LogP contribution in [0, 0.1) is 5.92 Å². The Hall–Kier alpha value is -0.300. The second-order valence-corrected chi connectivity index (χ2v) is 3.72. The fourth-order valence-electron chi connectivity index (χ4n) is 1.13. The van der Waals surface area contributed by atoms with Gasteiger partial charge < -0.3 is 5.32 Å². The molecule has 0 atom stereocenters. The Morgan fingerprint density at radius 1 is 1.25 bits per heavy atom. The molecule has 1 heteroatoms. The van der Waals surface area contributed by atoms with Gasteiger partial charge in [0, 0.05) is 0 Å². The van der Waals surface area contributed by atoms with Crippen LogP contribution in [-0.2, 0) is 0 Å². The quantitative estimate of drug-likeness (QED) is 0.435. The number of nitrogens with one attached hydrogen (secondary N) is 1. The molecule has 12 heavy (non-hydrogen) atoms. The van der Waals surface area contributed by atoms with Crippen LogP contribution in [0.15, 0.2) is 12.7 Å². The lowest BCUT2D eigenvalue weighted by Crippen LogP contribution is -2.16. The second-order valence-electron chi connectivity index (χ2n) is 3.72. The maximum Gasteiger partial charge on any atom is -0.00144 e. The minimum absolute atomic E-state index is 0.859. The SMILES string of the molecule is C=CCCNCCCCC(C)C. The average molecular weight is 169 g/mol. The molecule has 0 spiro atoms. The van der Waals surface area contributed by atoms with Crippen LogP contribution in [0.3, 0.4) is 0 Å². The number of hydrogen-bond acceptors (Lipinski definition) is 1. The molecule has 0 radical (unpaired) electrons. The lowest BCUT2D eigenvalue weighted by molar-refractivity contribution is 0.522. The maximum absolute atomic E-state index is 3.68. The Kier molecular flexibility index (Phi) is 8.57. The van der Waals surface area contributed by atoms with Gasteiger partial charge in [0.15, 0.2) is 0 Å². The van der Waals surface area contributed by atoms with Gasteiger partial charge in [-0.15, -0.1) is 6.58 Å². The first-order valence-corrected chi connectivity index (χ1v) is 5.09. The van der Waals surface area contributed by atoms with Gasteiger partial charge in [0.2, 0.25) is 0 Å². The van der Waals surface area contributed by atoms with Crippen LogP contribution >= 0.6 is 0 Å². The molecule has 0 aliphatic carbocycles. The molecule has 0 aromatic carbocycles. The van der Waals surface area contributed by atoms with Gasteiger partial charge >= 0.3 is 0 Å². The summed E-state index contributed by atoms with van der Waals surface area (Å²) in [5.74, 6) is 0.859. The maximum atomic E-state index is 3.68. The molecule has 0 heterocycles. The topological polar surface area (TPSA) is 12.0 Å². The highest BCUT2D eigenvalue weighted by molar-refractivity contribution is 4.67. The van der Waals surface area contributed by atoms with Crippen LogP contribution in [-0.4, -0.2) is 13.1 Å². The van der Waals surface area contributed by atoms with Crippen molar-refractivity contribution in [3.8, 4) is 0 Å². The lowest BCUT2D eigenvalue weighted by Gasteiger charge is -2.04. The highest BCUT2D eigenvalue weighted by Gasteiger charge is 1.92. The van der Waals surface area contributed by atoms with Crippen LogP contribution in [0.4, 0.5) is 0 Å². The van der Waals surface area contributed by atoms with E-state index in [-0.39, 0.29) is 0 Å². The van der Waals surface area contributed by atoms with Gasteiger partial charge in [0.25, 0.3) is 0 Å². The minimum atomic E-state index is 0.859. The number of unbranched alkanes of at least 4 members (excludes halogenated alkanes) is 1. The highest BCUT2D eigenvalue weighted by atomic mass is 14.8. The van der Waals surface area contributed by atoms with Crippen molar-refractivity contribution in [1.82, 2.24) is 5.32 Å². The Balaban J connectivity index is 2.86. The van der Waals surface area contributed by atoms with Gasteiger partial charge in [-0.3, -0.25) is 0 Å². The van der Waals surface area contributed by atoms with E-state index in [9.17, 15) is 0 Å². The molecule has 0 aromatic heterocycles. The van der Waals surface area contributed by atoms with Crippen molar-refractivity contribution >= 4 is 0 Å². The highest BCUT2D eigenvalue weighted by Crippen LogP contribution is 2.04. The molecule has 72 valence electrons. The fraction of sp³-hybridized carbons (Fsp3) is 0.818. The molecule has 0 saturated carbocycles. The van der Waals surface area contributed by atoms with Crippen molar-refractivity contribution < 1.29 is 0 Å². The monoisotopic (exact) mass is 169 g/mol. The summed E-state index contributed by atoms with van der Waals surface area (Å²) in [7, 11) is 0.